The molecule has 1 saturated heterocycles. The molecule has 26 heavy (non-hydrogen) atoms. The summed E-state index contributed by atoms with van der Waals surface area (Å²) < 4.78 is 5.58. The Morgan fingerprint density at radius 2 is 1.92 bits per heavy atom. The highest BCUT2D eigenvalue weighted by molar-refractivity contribution is 5.10. The lowest BCUT2D eigenvalue weighted by Gasteiger charge is -2.41. The second-order valence-corrected chi connectivity index (χ2v) is 9.98. The molecule has 3 unspecified atom stereocenters. The van der Waals surface area contributed by atoms with Crippen LogP contribution < -0.4 is 11.1 Å². The highest BCUT2D eigenvalue weighted by Crippen LogP contribution is 2.39. The molecule has 0 aromatic heterocycles. The third-order valence-corrected chi connectivity index (χ3v) is 7.58. The van der Waals surface area contributed by atoms with Crippen LogP contribution in [0.5, 0.6) is 0 Å². The van der Waals surface area contributed by atoms with Crippen molar-refractivity contribution in [3.05, 3.63) is 12.3 Å². The van der Waals surface area contributed by atoms with Crippen LogP contribution in [0.1, 0.15) is 85.0 Å². The number of hydrogen-bond donors (Lipinski definition) is 2. The first-order valence-corrected chi connectivity index (χ1v) is 11.0. The van der Waals surface area contributed by atoms with E-state index in [1.165, 1.54) is 51.4 Å². The van der Waals surface area contributed by atoms with Crippen LogP contribution in [0.3, 0.4) is 0 Å². The summed E-state index contributed by atoms with van der Waals surface area (Å²) in [7, 11) is 1.73. The Morgan fingerprint density at radius 1 is 1.23 bits per heavy atom. The van der Waals surface area contributed by atoms with Gasteiger partial charge >= 0.3 is 0 Å². The Hall–Kier alpha value is -0.540. The molecule has 2 fully saturated rings. The van der Waals surface area contributed by atoms with E-state index in [9.17, 15) is 0 Å². The normalized spacial score (nSPS) is 30.0. The zero-order chi connectivity index (χ0) is 19.2. The fourth-order valence-corrected chi connectivity index (χ4v) is 5.03. The van der Waals surface area contributed by atoms with Crippen LogP contribution in [-0.2, 0) is 4.74 Å². The van der Waals surface area contributed by atoms with E-state index < -0.39 is 0 Å². The second-order valence-electron chi connectivity index (χ2n) is 9.98. The number of methoxy groups -OCH3 is 1. The molecular formula is C23H44N2O. The minimum atomic E-state index is -0.387. The van der Waals surface area contributed by atoms with E-state index in [2.05, 4.69) is 32.7 Å². The lowest BCUT2D eigenvalue weighted by atomic mass is 9.69. The molecule has 1 aliphatic carbocycles. The van der Waals surface area contributed by atoms with Crippen LogP contribution in [0.2, 0.25) is 0 Å². The van der Waals surface area contributed by atoms with Crippen LogP contribution in [0.15, 0.2) is 12.3 Å². The molecule has 1 saturated carbocycles. The summed E-state index contributed by atoms with van der Waals surface area (Å²) in [6, 6.07) is 0. The fourth-order valence-electron chi connectivity index (χ4n) is 5.03. The van der Waals surface area contributed by atoms with Crippen molar-refractivity contribution in [2.24, 2.45) is 28.9 Å². The number of ether oxygens (including phenoxy) is 1. The SMILES string of the molecule is C=C(OC)C(N)(CCC1CCCCC1)CC1CNCCC(C)(C)C(C)C1. The Balaban J connectivity index is 2.01. The largest absolute Gasteiger partial charge is 0.500 e. The third-order valence-electron chi connectivity index (χ3n) is 7.58. The van der Waals surface area contributed by atoms with Crippen LogP contribution >= 0.6 is 0 Å². The van der Waals surface area contributed by atoms with Gasteiger partial charge in [0.2, 0.25) is 0 Å². The Morgan fingerprint density at radius 3 is 2.58 bits per heavy atom. The molecule has 3 atom stereocenters. The van der Waals surface area contributed by atoms with Crippen molar-refractivity contribution in [2.45, 2.75) is 90.5 Å². The van der Waals surface area contributed by atoms with Crippen molar-refractivity contribution in [1.29, 1.82) is 0 Å². The van der Waals surface area contributed by atoms with Crippen molar-refractivity contribution < 1.29 is 4.74 Å². The van der Waals surface area contributed by atoms with Crippen LogP contribution in [0.4, 0.5) is 0 Å². The van der Waals surface area contributed by atoms with Gasteiger partial charge in [-0.15, -0.1) is 0 Å². The van der Waals surface area contributed by atoms with Gasteiger partial charge < -0.3 is 15.8 Å². The molecule has 0 aromatic carbocycles. The molecule has 1 aliphatic heterocycles. The molecule has 3 N–H and O–H groups in total. The van der Waals surface area contributed by atoms with Crippen molar-refractivity contribution in [3.63, 3.8) is 0 Å². The van der Waals surface area contributed by atoms with E-state index in [1.807, 2.05) is 0 Å². The van der Waals surface area contributed by atoms with Gasteiger partial charge in [0.15, 0.2) is 0 Å². The molecule has 152 valence electrons. The van der Waals surface area contributed by atoms with Gasteiger partial charge in [-0.1, -0.05) is 59.5 Å². The summed E-state index contributed by atoms with van der Waals surface area (Å²) in [5.74, 6) is 2.94. The van der Waals surface area contributed by atoms with Gasteiger partial charge in [0.05, 0.1) is 12.6 Å². The Bertz CT molecular complexity index is 441. The fraction of sp³-hybridized carbons (Fsp3) is 0.913. The Labute approximate surface area is 162 Å². The smallest absolute Gasteiger partial charge is 0.108 e. The highest BCUT2D eigenvalue weighted by Gasteiger charge is 2.36. The molecule has 2 rings (SSSR count). The first-order valence-electron chi connectivity index (χ1n) is 11.0. The highest BCUT2D eigenvalue weighted by atomic mass is 16.5. The van der Waals surface area contributed by atoms with E-state index >= 15 is 0 Å². The van der Waals surface area contributed by atoms with Gasteiger partial charge in [0.25, 0.3) is 0 Å². The standard InChI is InChI=1S/C23H44N2O/c1-18-15-21(17-25-14-13-22(18,3)4)16-23(24,19(2)26-5)12-11-20-9-7-6-8-10-20/h18,20-21,25H,2,6-17,24H2,1,3-5H3. The molecule has 0 radical (unpaired) electrons. The number of nitrogens with two attached hydrogens (primary N) is 1. The second kappa shape index (κ2) is 9.59. The predicted molar refractivity (Wildman–Crippen MR) is 112 cm³/mol. The van der Waals surface area contributed by atoms with Crippen molar-refractivity contribution in [2.75, 3.05) is 20.2 Å². The van der Waals surface area contributed by atoms with E-state index in [-0.39, 0.29) is 5.54 Å². The maximum Gasteiger partial charge on any atom is 0.108 e. The minimum Gasteiger partial charge on any atom is -0.500 e. The molecular weight excluding hydrogens is 320 g/mol. The molecule has 0 amide bonds. The van der Waals surface area contributed by atoms with Crippen molar-refractivity contribution >= 4 is 0 Å². The van der Waals surface area contributed by atoms with Crippen LogP contribution in [-0.4, -0.2) is 25.7 Å². The predicted octanol–water partition coefficient (Wildman–Crippen LogP) is 5.26. The summed E-state index contributed by atoms with van der Waals surface area (Å²) in [4.78, 5) is 0. The summed E-state index contributed by atoms with van der Waals surface area (Å²) in [6.45, 7) is 13.6. The summed E-state index contributed by atoms with van der Waals surface area (Å²) in [5, 5.41) is 3.67. The quantitative estimate of drug-likeness (QED) is 0.606. The van der Waals surface area contributed by atoms with E-state index in [1.54, 1.807) is 7.11 Å². The van der Waals surface area contributed by atoms with Crippen LogP contribution in [0, 0.1) is 23.2 Å². The summed E-state index contributed by atoms with van der Waals surface area (Å²) in [6.07, 6.45) is 12.7. The molecule has 3 nitrogen and oxygen atoms in total. The molecule has 2 aliphatic rings. The van der Waals surface area contributed by atoms with E-state index in [0.717, 1.165) is 37.6 Å². The van der Waals surface area contributed by atoms with Gasteiger partial charge in [-0.25, -0.2) is 0 Å². The maximum absolute atomic E-state index is 6.95. The Kier molecular flexibility index (Phi) is 8.03. The third kappa shape index (κ3) is 5.99. The molecule has 0 aromatic rings. The first kappa shape index (κ1) is 21.8. The average molecular weight is 365 g/mol. The van der Waals surface area contributed by atoms with Gasteiger partial charge in [-0.05, 0) is 68.4 Å². The van der Waals surface area contributed by atoms with E-state index in [0.29, 0.717) is 17.3 Å². The molecule has 0 spiro atoms. The summed E-state index contributed by atoms with van der Waals surface area (Å²) in [5.41, 5.74) is 6.96. The van der Waals surface area contributed by atoms with Gasteiger partial charge in [-0.3, -0.25) is 0 Å². The van der Waals surface area contributed by atoms with Gasteiger partial charge in [-0.2, -0.15) is 0 Å². The first-order chi connectivity index (χ1) is 12.3. The lowest BCUT2D eigenvalue weighted by Crippen LogP contribution is -2.47. The minimum absolute atomic E-state index is 0.387. The number of hydrogen-bond acceptors (Lipinski definition) is 3. The lowest BCUT2D eigenvalue weighted by molar-refractivity contribution is 0.127. The van der Waals surface area contributed by atoms with Crippen molar-refractivity contribution in [1.82, 2.24) is 5.32 Å². The average Bonchev–Trinajstić information content (AvgIpc) is 2.62. The topological polar surface area (TPSA) is 47.3 Å². The monoisotopic (exact) mass is 364 g/mol. The maximum atomic E-state index is 6.95. The summed E-state index contributed by atoms with van der Waals surface area (Å²) >= 11 is 0. The zero-order valence-electron chi connectivity index (χ0n) is 17.9. The van der Waals surface area contributed by atoms with Gasteiger partial charge in [0, 0.05) is 0 Å². The van der Waals surface area contributed by atoms with Crippen molar-refractivity contribution in [3.8, 4) is 0 Å². The van der Waals surface area contributed by atoms with E-state index in [4.69, 9.17) is 10.5 Å². The number of rotatable bonds is 7. The number of nitrogens with one attached hydrogen (secondary N) is 1. The van der Waals surface area contributed by atoms with Gasteiger partial charge in [0.1, 0.15) is 5.76 Å². The van der Waals surface area contributed by atoms with Crippen LogP contribution in [0.25, 0.3) is 0 Å². The molecule has 0 bridgehead atoms. The molecule has 3 heteroatoms. The molecule has 1 heterocycles. The zero-order valence-corrected chi connectivity index (χ0v) is 17.9.